The van der Waals surface area contributed by atoms with Crippen molar-refractivity contribution < 1.29 is 0 Å². The Hall–Kier alpha value is -2.12. The number of imidazole rings is 1. The summed E-state index contributed by atoms with van der Waals surface area (Å²) in [5.74, 6) is 0. The SMILES string of the molecule is CNCc1cn(Cc2ccc(C#N)cc2)cn1. The molecule has 0 spiro atoms. The summed E-state index contributed by atoms with van der Waals surface area (Å²) in [6, 6.07) is 9.72. The van der Waals surface area contributed by atoms with Crippen molar-refractivity contribution in [2.75, 3.05) is 7.05 Å². The van der Waals surface area contributed by atoms with Gasteiger partial charge in [-0.3, -0.25) is 0 Å². The minimum absolute atomic E-state index is 0.690. The molecular weight excluding hydrogens is 212 g/mol. The summed E-state index contributed by atoms with van der Waals surface area (Å²) in [6.07, 6.45) is 3.85. The largest absolute Gasteiger partial charge is 0.333 e. The number of nitrogens with zero attached hydrogens (tertiary/aromatic N) is 3. The van der Waals surface area contributed by atoms with Crippen LogP contribution in [0.3, 0.4) is 0 Å². The number of hydrogen-bond acceptors (Lipinski definition) is 3. The Balaban J connectivity index is 2.06. The average molecular weight is 226 g/mol. The minimum atomic E-state index is 0.690. The molecule has 2 aromatic rings. The zero-order valence-corrected chi connectivity index (χ0v) is 9.72. The monoisotopic (exact) mass is 226 g/mol. The molecule has 1 heterocycles. The molecule has 1 aromatic heterocycles. The first-order valence-electron chi connectivity index (χ1n) is 5.46. The summed E-state index contributed by atoms with van der Waals surface area (Å²) in [7, 11) is 1.90. The Kier molecular flexibility index (Phi) is 3.53. The fourth-order valence-corrected chi connectivity index (χ4v) is 1.66. The molecule has 4 heteroatoms. The lowest BCUT2D eigenvalue weighted by Gasteiger charge is -2.02. The van der Waals surface area contributed by atoms with Crippen LogP contribution in [0, 0.1) is 11.3 Å². The molecule has 0 aliphatic rings. The molecule has 0 saturated heterocycles. The van der Waals surface area contributed by atoms with Gasteiger partial charge in [-0.05, 0) is 24.7 Å². The lowest BCUT2D eigenvalue weighted by Crippen LogP contribution is -2.05. The molecule has 0 fully saturated rings. The Bertz CT molecular complexity index is 519. The van der Waals surface area contributed by atoms with Crippen molar-refractivity contribution in [2.45, 2.75) is 13.1 Å². The number of nitrogens with one attached hydrogen (secondary N) is 1. The van der Waals surface area contributed by atoms with E-state index in [2.05, 4.69) is 16.4 Å². The molecule has 0 aliphatic carbocycles. The normalized spacial score (nSPS) is 10.1. The number of benzene rings is 1. The van der Waals surface area contributed by atoms with Gasteiger partial charge in [0.2, 0.25) is 0 Å². The van der Waals surface area contributed by atoms with Crippen molar-refractivity contribution in [3.8, 4) is 6.07 Å². The lowest BCUT2D eigenvalue weighted by molar-refractivity contribution is 0.782. The molecule has 0 unspecified atom stereocenters. The van der Waals surface area contributed by atoms with E-state index >= 15 is 0 Å². The molecule has 0 amide bonds. The van der Waals surface area contributed by atoms with E-state index in [1.54, 1.807) is 0 Å². The summed E-state index contributed by atoms with van der Waals surface area (Å²) in [4.78, 5) is 4.28. The summed E-state index contributed by atoms with van der Waals surface area (Å²) in [6.45, 7) is 1.56. The molecule has 0 bridgehead atoms. The van der Waals surface area contributed by atoms with E-state index in [1.165, 1.54) is 0 Å². The molecule has 0 atom stereocenters. The van der Waals surface area contributed by atoms with Gasteiger partial charge in [0.05, 0.1) is 23.7 Å². The second-order valence-electron chi connectivity index (χ2n) is 3.88. The van der Waals surface area contributed by atoms with Crippen molar-refractivity contribution >= 4 is 0 Å². The third-order valence-corrected chi connectivity index (χ3v) is 2.49. The quantitative estimate of drug-likeness (QED) is 0.860. The first-order chi connectivity index (χ1) is 8.31. The van der Waals surface area contributed by atoms with Crippen LogP contribution in [-0.4, -0.2) is 16.6 Å². The lowest BCUT2D eigenvalue weighted by atomic mass is 10.1. The van der Waals surface area contributed by atoms with Crippen LogP contribution in [0.5, 0.6) is 0 Å². The number of hydrogen-bond donors (Lipinski definition) is 1. The maximum Gasteiger partial charge on any atom is 0.0991 e. The zero-order valence-electron chi connectivity index (χ0n) is 9.72. The van der Waals surface area contributed by atoms with E-state index in [-0.39, 0.29) is 0 Å². The van der Waals surface area contributed by atoms with Crippen molar-refractivity contribution in [3.05, 3.63) is 53.6 Å². The molecule has 1 N–H and O–H groups in total. The summed E-state index contributed by atoms with van der Waals surface area (Å²) >= 11 is 0. The molecule has 4 nitrogen and oxygen atoms in total. The second-order valence-corrected chi connectivity index (χ2v) is 3.88. The highest BCUT2D eigenvalue weighted by Crippen LogP contribution is 2.06. The fourth-order valence-electron chi connectivity index (χ4n) is 1.66. The van der Waals surface area contributed by atoms with E-state index in [0.717, 1.165) is 24.3 Å². The molecular formula is C13H14N4. The maximum absolute atomic E-state index is 8.71. The molecule has 0 radical (unpaired) electrons. The van der Waals surface area contributed by atoms with Crippen molar-refractivity contribution in [2.24, 2.45) is 0 Å². The van der Waals surface area contributed by atoms with Crippen LogP contribution in [-0.2, 0) is 13.1 Å². The predicted octanol–water partition coefficient (Wildman–Crippen LogP) is 1.52. The molecule has 17 heavy (non-hydrogen) atoms. The van der Waals surface area contributed by atoms with Gasteiger partial charge in [-0.2, -0.15) is 5.26 Å². The Morgan fingerprint density at radius 3 is 2.76 bits per heavy atom. The van der Waals surface area contributed by atoms with Gasteiger partial charge in [-0.25, -0.2) is 4.98 Å². The Morgan fingerprint density at radius 1 is 1.35 bits per heavy atom. The van der Waals surface area contributed by atoms with Crippen LogP contribution in [0.2, 0.25) is 0 Å². The van der Waals surface area contributed by atoms with E-state index in [9.17, 15) is 0 Å². The smallest absolute Gasteiger partial charge is 0.0991 e. The topological polar surface area (TPSA) is 53.6 Å². The van der Waals surface area contributed by atoms with Crippen LogP contribution in [0.4, 0.5) is 0 Å². The van der Waals surface area contributed by atoms with Crippen LogP contribution >= 0.6 is 0 Å². The van der Waals surface area contributed by atoms with Crippen LogP contribution in [0.15, 0.2) is 36.8 Å². The number of aromatic nitrogens is 2. The van der Waals surface area contributed by atoms with E-state index in [1.807, 2.05) is 48.4 Å². The van der Waals surface area contributed by atoms with Gasteiger partial charge in [0.25, 0.3) is 0 Å². The van der Waals surface area contributed by atoms with Gasteiger partial charge in [0, 0.05) is 19.3 Å². The molecule has 2 rings (SSSR count). The Morgan fingerprint density at radius 2 is 2.12 bits per heavy atom. The summed E-state index contributed by atoms with van der Waals surface area (Å²) in [5.41, 5.74) is 2.88. The van der Waals surface area contributed by atoms with Gasteiger partial charge in [0.15, 0.2) is 0 Å². The van der Waals surface area contributed by atoms with Crippen LogP contribution in [0.25, 0.3) is 0 Å². The third-order valence-electron chi connectivity index (χ3n) is 2.49. The molecule has 86 valence electrons. The fraction of sp³-hybridized carbons (Fsp3) is 0.231. The zero-order chi connectivity index (χ0) is 12.1. The van der Waals surface area contributed by atoms with E-state index < -0.39 is 0 Å². The third kappa shape index (κ3) is 2.92. The van der Waals surface area contributed by atoms with Crippen molar-refractivity contribution in [1.82, 2.24) is 14.9 Å². The van der Waals surface area contributed by atoms with E-state index in [4.69, 9.17) is 5.26 Å². The first kappa shape index (κ1) is 11.4. The summed E-state index contributed by atoms with van der Waals surface area (Å²) < 4.78 is 2.04. The highest BCUT2D eigenvalue weighted by Gasteiger charge is 1.99. The van der Waals surface area contributed by atoms with Gasteiger partial charge >= 0.3 is 0 Å². The highest BCUT2D eigenvalue weighted by atomic mass is 15.0. The second kappa shape index (κ2) is 5.28. The standard InChI is InChI=1S/C13H14N4/c1-15-7-13-9-17(10-16-13)8-12-4-2-11(6-14)3-5-12/h2-5,9-10,15H,7-8H2,1H3. The highest BCUT2D eigenvalue weighted by molar-refractivity contribution is 5.31. The summed E-state index contributed by atoms with van der Waals surface area (Å²) in [5, 5.41) is 11.8. The number of rotatable bonds is 4. The molecule has 0 saturated carbocycles. The van der Waals surface area contributed by atoms with Crippen LogP contribution < -0.4 is 5.32 Å². The van der Waals surface area contributed by atoms with Crippen molar-refractivity contribution in [3.63, 3.8) is 0 Å². The van der Waals surface area contributed by atoms with Gasteiger partial charge in [-0.1, -0.05) is 12.1 Å². The van der Waals surface area contributed by atoms with Gasteiger partial charge in [0.1, 0.15) is 0 Å². The van der Waals surface area contributed by atoms with E-state index in [0.29, 0.717) is 5.56 Å². The average Bonchev–Trinajstić information content (AvgIpc) is 2.78. The number of nitriles is 1. The van der Waals surface area contributed by atoms with Gasteiger partial charge < -0.3 is 9.88 Å². The minimum Gasteiger partial charge on any atom is -0.333 e. The Labute approximate surface area is 101 Å². The molecule has 1 aromatic carbocycles. The van der Waals surface area contributed by atoms with Crippen LogP contribution in [0.1, 0.15) is 16.8 Å². The van der Waals surface area contributed by atoms with Crippen molar-refractivity contribution in [1.29, 1.82) is 5.26 Å². The maximum atomic E-state index is 8.71. The van der Waals surface area contributed by atoms with Gasteiger partial charge in [-0.15, -0.1) is 0 Å². The predicted molar refractivity (Wildman–Crippen MR) is 65.2 cm³/mol. The first-order valence-corrected chi connectivity index (χ1v) is 5.46. The molecule has 0 aliphatic heterocycles.